The van der Waals surface area contributed by atoms with Crippen LogP contribution in [0, 0.1) is 19.8 Å². The average Bonchev–Trinajstić information content (AvgIpc) is 2.80. The predicted octanol–water partition coefficient (Wildman–Crippen LogP) is 3.56. The van der Waals surface area contributed by atoms with Crippen LogP contribution >= 0.6 is 0 Å². The number of amides is 2. The van der Waals surface area contributed by atoms with E-state index < -0.39 is 11.8 Å². The van der Waals surface area contributed by atoms with Gasteiger partial charge in [0, 0.05) is 7.05 Å². The summed E-state index contributed by atoms with van der Waals surface area (Å²) in [7, 11) is 1.59. The van der Waals surface area contributed by atoms with Crippen molar-refractivity contribution < 1.29 is 9.59 Å². The molecule has 0 unspecified atom stereocenters. The maximum Gasteiger partial charge on any atom is 0.237 e. The van der Waals surface area contributed by atoms with Gasteiger partial charge in [0.1, 0.15) is 0 Å². The molecule has 0 radical (unpaired) electrons. The second kappa shape index (κ2) is 5.17. The molecular weight excluding hydrogens is 298 g/mol. The van der Waals surface area contributed by atoms with Crippen LogP contribution in [0.3, 0.4) is 0 Å². The third-order valence-electron chi connectivity index (χ3n) is 5.13. The minimum atomic E-state index is -0.417. The molecule has 1 aliphatic carbocycles. The number of aryl methyl sites for hydroxylation is 2. The standard InChI is InChI=1S/C21H19NO2/c1-12-4-7-14(8-5-12)17-11-15-9-6-13(2)10-16(15)18-19(17)21(24)22(3)20(18)23/h4-11,18-19H,1-3H3/t18-,19+/m1/s1. The molecule has 1 saturated heterocycles. The van der Waals surface area contributed by atoms with Crippen molar-refractivity contribution in [3.05, 3.63) is 70.3 Å². The molecule has 2 aliphatic rings. The van der Waals surface area contributed by atoms with E-state index in [9.17, 15) is 9.59 Å². The zero-order valence-corrected chi connectivity index (χ0v) is 14.0. The summed E-state index contributed by atoms with van der Waals surface area (Å²) in [5.41, 5.74) is 6.24. The number of likely N-dealkylation sites (tertiary alicyclic amines) is 1. The van der Waals surface area contributed by atoms with Gasteiger partial charge >= 0.3 is 0 Å². The van der Waals surface area contributed by atoms with Gasteiger partial charge in [-0.05, 0) is 36.1 Å². The Labute approximate surface area is 141 Å². The molecule has 0 aromatic heterocycles. The summed E-state index contributed by atoms with van der Waals surface area (Å²) in [6, 6.07) is 14.3. The van der Waals surface area contributed by atoms with Crippen LogP contribution in [0.1, 0.15) is 33.7 Å². The molecule has 2 amide bonds. The van der Waals surface area contributed by atoms with E-state index in [1.54, 1.807) is 7.05 Å². The fraction of sp³-hybridized carbons (Fsp3) is 0.238. The van der Waals surface area contributed by atoms with E-state index in [0.717, 1.165) is 27.8 Å². The molecule has 3 nitrogen and oxygen atoms in total. The Morgan fingerprint density at radius 2 is 1.46 bits per heavy atom. The number of rotatable bonds is 1. The molecule has 2 atom stereocenters. The molecule has 0 bridgehead atoms. The van der Waals surface area contributed by atoms with Crippen LogP contribution in [0.25, 0.3) is 11.6 Å². The van der Waals surface area contributed by atoms with Crippen LogP contribution in [0.5, 0.6) is 0 Å². The molecule has 1 heterocycles. The van der Waals surface area contributed by atoms with E-state index in [1.807, 2.05) is 56.3 Å². The number of carbonyl (C=O) groups excluding carboxylic acids is 2. The molecule has 0 spiro atoms. The monoisotopic (exact) mass is 317 g/mol. The predicted molar refractivity (Wildman–Crippen MR) is 94.2 cm³/mol. The first-order chi connectivity index (χ1) is 11.5. The van der Waals surface area contributed by atoms with E-state index in [0.29, 0.717) is 0 Å². The fourth-order valence-corrected chi connectivity index (χ4v) is 3.80. The number of likely N-dealkylation sites (N-methyl/N-ethyl adjacent to an activating group) is 1. The first kappa shape index (κ1) is 14.9. The number of hydrogen-bond acceptors (Lipinski definition) is 2. The van der Waals surface area contributed by atoms with Gasteiger partial charge < -0.3 is 0 Å². The van der Waals surface area contributed by atoms with Gasteiger partial charge in [0.05, 0.1) is 11.8 Å². The number of imide groups is 1. The molecule has 0 N–H and O–H groups in total. The van der Waals surface area contributed by atoms with Gasteiger partial charge in [0.25, 0.3) is 0 Å². The fourth-order valence-electron chi connectivity index (χ4n) is 3.80. The summed E-state index contributed by atoms with van der Waals surface area (Å²) in [4.78, 5) is 26.8. The lowest BCUT2D eigenvalue weighted by Gasteiger charge is -2.26. The first-order valence-corrected chi connectivity index (χ1v) is 8.18. The Bertz CT molecular complexity index is 893. The molecular formula is C21H19NO2. The molecule has 3 heteroatoms. The summed E-state index contributed by atoms with van der Waals surface area (Å²) >= 11 is 0. The Morgan fingerprint density at radius 3 is 2.17 bits per heavy atom. The number of benzene rings is 2. The zero-order chi connectivity index (χ0) is 17.0. The Balaban J connectivity index is 1.96. The number of carbonyl (C=O) groups is 2. The van der Waals surface area contributed by atoms with Gasteiger partial charge in [-0.2, -0.15) is 0 Å². The van der Waals surface area contributed by atoms with E-state index in [1.165, 1.54) is 10.5 Å². The summed E-state index contributed by atoms with van der Waals surface area (Å²) < 4.78 is 0. The van der Waals surface area contributed by atoms with Crippen LogP contribution in [0.2, 0.25) is 0 Å². The molecule has 0 saturated carbocycles. The maximum atomic E-state index is 12.8. The van der Waals surface area contributed by atoms with Crippen molar-refractivity contribution in [3.8, 4) is 0 Å². The quantitative estimate of drug-likeness (QED) is 0.754. The second-order valence-corrected chi connectivity index (χ2v) is 6.79. The van der Waals surface area contributed by atoms with Crippen LogP contribution < -0.4 is 0 Å². The smallest absolute Gasteiger partial charge is 0.237 e. The van der Waals surface area contributed by atoms with E-state index in [2.05, 4.69) is 6.08 Å². The van der Waals surface area contributed by atoms with Crippen molar-refractivity contribution in [2.45, 2.75) is 19.8 Å². The highest BCUT2D eigenvalue weighted by atomic mass is 16.2. The van der Waals surface area contributed by atoms with Crippen molar-refractivity contribution in [3.63, 3.8) is 0 Å². The summed E-state index contributed by atoms with van der Waals surface area (Å²) in [5, 5.41) is 0. The summed E-state index contributed by atoms with van der Waals surface area (Å²) in [6.07, 6.45) is 2.07. The lowest BCUT2D eigenvalue weighted by Crippen LogP contribution is -2.26. The molecule has 2 aromatic carbocycles. The molecule has 4 rings (SSSR count). The number of hydrogen-bond donors (Lipinski definition) is 0. The highest BCUT2D eigenvalue weighted by molar-refractivity contribution is 6.15. The lowest BCUT2D eigenvalue weighted by molar-refractivity contribution is -0.137. The normalized spacial score (nSPS) is 22.3. The van der Waals surface area contributed by atoms with Gasteiger partial charge in [0.15, 0.2) is 0 Å². The van der Waals surface area contributed by atoms with Gasteiger partial charge in [0.2, 0.25) is 11.8 Å². The Hall–Kier alpha value is -2.68. The summed E-state index contributed by atoms with van der Waals surface area (Å²) in [5.74, 6) is -1.03. The molecule has 120 valence electrons. The van der Waals surface area contributed by atoms with Crippen LogP contribution in [0.15, 0.2) is 42.5 Å². The van der Waals surface area contributed by atoms with Gasteiger partial charge in [-0.25, -0.2) is 0 Å². The zero-order valence-electron chi connectivity index (χ0n) is 14.0. The molecule has 1 fully saturated rings. The number of fused-ring (bicyclic) bond motifs is 3. The average molecular weight is 317 g/mol. The van der Waals surface area contributed by atoms with Crippen LogP contribution in [-0.2, 0) is 9.59 Å². The van der Waals surface area contributed by atoms with Crippen molar-refractivity contribution in [1.29, 1.82) is 0 Å². The van der Waals surface area contributed by atoms with Crippen molar-refractivity contribution in [1.82, 2.24) is 4.90 Å². The van der Waals surface area contributed by atoms with Gasteiger partial charge in [-0.15, -0.1) is 0 Å². The first-order valence-electron chi connectivity index (χ1n) is 8.18. The third kappa shape index (κ3) is 2.04. The van der Waals surface area contributed by atoms with Crippen LogP contribution in [-0.4, -0.2) is 23.8 Å². The molecule has 1 aliphatic heterocycles. The van der Waals surface area contributed by atoms with E-state index >= 15 is 0 Å². The SMILES string of the molecule is Cc1ccc(C2=Cc3ccc(C)cc3[C@H]3C(=O)N(C)C(=O)[C@@H]23)cc1. The van der Waals surface area contributed by atoms with Crippen molar-refractivity contribution in [2.75, 3.05) is 7.05 Å². The molecule has 24 heavy (non-hydrogen) atoms. The Morgan fingerprint density at radius 1 is 0.833 bits per heavy atom. The minimum Gasteiger partial charge on any atom is -0.285 e. The maximum absolute atomic E-state index is 12.8. The van der Waals surface area contributed by atoms with E-state index in [4.69, 9.17) is 0 Å². The topological polar surface area (TPSA) is 37.4 Å². The van der Waals surface area contributed by atoms with E-state index in [-0.39, 0.29) is 11.8 Å². The van der Waals surface area contributed by atoms with Gasteiger partial charge in [-0.1, -0.05) is 59.7 Å². The van der Waals surface area contributed by atoms with Gasteiger partial charge in [-0.3, -0.25) is 14.5 Å². The highest BCUT2D eigenvalue weighted by Gasteiger charge is 2.50. The highest BCUT2D eigenvalue weighted by Crippen LogP contribution is 2.48. The van der Waals surface area contributed by atoms with Crippen molar-refractivity contribution in [2.24, 2.45) is 5.92 Å². The lowest BCUT2D eigenvalue weighted by atomic mass is 9.73. The van der Waals surface area contributed by atoms with Crippen molar-refractivity contribution >= 4 is 23.5 Å². The molecule has 2 aromatic rings. The van der Waals surface area contributed by atoms with Crippen LogP contribution in [0.4, 0.5) is 0 Å². The minimum absolute atomic E-state index is 0.102. The summed E-state index contributed by atoms with van der Waals surface area (Å²) in [6.45, 7) is 4.05. The Kier molecular flexibility index (Phi) is 3.20. The number of nitrogens with zero attached hydrogens (tertiary/aromatic N) is 1. The second-order valence-electron chi connectivity index (χ2n) is 6.79. The largest absolute Gasteiger partial charge is 0.285 e. The third-order valence-corrected chi connectivity index (χ3v) is 5.13.